The molecule has 0 saturated heterocycles. The van der Waals surface area contributed by atoms with Crippen LogP contribution in [-0.2, 0) is 14.1 Å². The van der Waals surface area contributed by atoms with Crippen LogP contribution in [0.1, 0.15) is 26.7 Å². The van der Waals surface area contributed by atoms with Crippen LogP contribution in [0.5, 0.6) is 5.75 Å². The second-order valence-electron chi connectivity index (χ2n) is 4.41. The largest absolute Gasteiger partial charge is 0.596 e. The van der Waals surface area contributed by atoms with Crippen molar-refractivity contribution < 1.29 is 29.9 Å². The fourth-order valence-corrected chi connectivity index (χ4v) is 3.28. The van der Waals surface area contributed by atoms with E-state index in [4.69, 9.17) is 32.1 Å². The summed E-state index contributed by atoms with van der Waals surface area (Å²) in [7, 11) is 0. The molecule has 0 fully saturated rings. The maximum atomic E-state index is 12.2. The van der Waals surface area contributed by atoms with Crippen LogP contribution in [0.3, 0.4) is 0 Å². The average Bonchev–Trinajstić information content (AvgIpc) is 2.40. The number of nitrogens with one attached hydrogen (secondary N) is 1. The third kappa shape index (κ3) is 7.18. The molecule has 0 heterocycles. The number of halogens is 2. The lowest BCUT2D eigenvalue weighted by molar-refractivity contribution is -0.196. The topological polar surface area (TPSA) is 64.6 Å². The number of benzene rings is 1. The van der Waals surface area contributed by atoms with E-state index in [0.717, 1.165) is 12.8 Å². The van der Waals surface area contributed by atoms with Crippen LogP contribution < -0.4 is 9.61 Å². The number of rotatable bonds is 8. The number of hydrogen-bond donors (Lipinski definition) is 1. The van der Waals surface area contributed by atoms with Crippen molar-refractivity contribution in [3.8, 4) is 5.75 Å². The van der Waals surface area contributed by atoms with Gasteiger partial charge in [-0.05, 0) is 37.6 Å². The van der Waals surface area contributed by atoms with Gasteiger partial charge in [-0.25, -0.2) is 0 Å². The lowest BCUT2D eigenvalue weighted by atomic mass is 10.3. The molecule has 1 aromatic rings. The molecule has 1 N–H and O–H groups in total. The first-order valence-corrected chi connectivity index (χ1v) is 9.56. The highest BCUT2D eigenvalue weighted by atomic mass is 35.7. The zero-order valence-corrected chi connectivity index (χ0v) is 14.3. The van der Waals surface area contributed by atoms with Gasteiger partial charge in [0, 0.05) is 5.02 Å². The molecule has 118 valence electrons. The van der Waals surface area contributed by atoms with Crippen LogP contribution >= 0.6 is 18.5 Å². The fourth-order valence-electron chi connectivity index (χ4n) is 1.39. The Morgan fingerprint density at radius 1 is 1.43 bits per heavy atom. The van der Waals surface area contributed by atoms with Gasteiger partial charge in [-0.15, -0.1) is 0 Å². The minimum Gasteiger partial charge on any atom is -0.465 e. The molecule has 8 heteroatoms. The minimum absolute atomic E-state index is 0.316. The summed E-state index contributed by atoms with van der Waals surface area (Å²) in [4.78, 5) is 11.7. The molecule has 0 amide bonds. The second-order valence-corrected chi connectivity index (χ2v) is 7.73. The van der Waals surface area contributed by atoms with Crippen molar-refractivity contribution in [3.63, 3.8) is 0 Å². The molecule has 1 aromatic carbocycles. The molecule has 0 aliphatic carbocycles. The molecule has 2 atom stereocenters. The molecule has 1 rings (SSSR count). The normalized spacial score (nSPS) is 15.0. The van der Waals surface area contributed by atoms with Crippen molar-refractivity contribution in [1.82, 2.24) is 5.09 Å². The van der Waals surface area contributed by atoms with E-state index in [1.54, 1.807) is 24.3 Å². The summed E-state index contributed by atoms with van der Waals surface area (Å²) in [5, 5.41) is 3.02. The molecular formula is C13H19Cl2NO4P+. The highest BCUT2D eigenvalue weighted by molar-refractivity contribution is 7.49. The van der Waals surface area contributed by atoms with Gasteiger partial charge in [-0.3, -0.25) is 4.79 Å². The fraction of sp³-hybridized carbons (Fsp3) is 0.462. The number of esters is 1. The Morgan fingerprint density at radius 2 is 2.05 bits per heavy atom. The summed E-state index contributed by atoms with van der Waals surface area (Å²) in [5.41, 5.74) is 0. The molecular weight excluding hydrogens is 336 g/mol. The summed E-state index contributed by atoms with van der Waals surface area (Å²) in [6.45, 7) is 0.264. The van der Waals surface area contributed by atoms with Crippen molar-refractivity contribution in [2.75, 3.05) is 6.61 Å². The van der Waals surface area contributed by atoms with E-state index in [-0.39, 0.29) is 0 Å². The van der Waals surface area contributed by atoms with Crippen molar-refractivity contribution in [1.29, 1.82) is 0 Å². The van der Waals surface area contributed by atoms with Crippen LogP contribution in [-0.4, -0.2) is 18.6 Å². The SMILES string of the molecule is CCCCOC(=O)[C@H](C)NP(=O)([ClH+])Oc1ccc(Cl)cc1. The Hall–Kier alpha value is -0.740. The molecule has 0 aliphatic rings. The predicted molar refractivity (Wildman–Crippen MR) is 79.5 cm³/mol. The lowest BCUT2D eigenvalue weighted by Crippen LogP contribution is -2.34. The van der Waals surface area contributed by atoms with Gasteiger partial charge in [0.15, 0.2) is 0 Å². The van der Waals surface area contributed by atoms with E-state index < -0.39 is 18.9 Å². The van der Waals surface area contributed by atoms with Gasteiger partial charge in [0.05, 0.1) is 6.61 Å². The molecule has 21 heavy (non-hydrogen) atoms. The molecule has 0 saturated carbocycles. The number of carbonyl (C=O) groups is 1. The van der Waals surface area contributed by atoms with Gasteiger partial charge >= 0.3 is 12.8 Å². The Kier molecular flexibility index (Phi) is 7.53. The molecule has 0 aromatic heterocycles. The monoisotopic (exact) mass is 354 g/mol. The summed E-state index contributed by atoms with van der Waals surface area (Å²) >= 11 is 10.6. The smallest absolute Gasteiger partial charge is 0.465 e. The molecule has 0 radical (unpaired) electrons. The van der Waals surface area contributed by atoms with E-state index in [1.807, 2.05) is 6.92 Å². The quantitative estimate of drug-likeness (QED) is 0.440. The first-order valence-electron chi connectivity index (χ1n) is 6.54. The molecule has 1 unspecified atom stereocenters. The highest BCUT2D eigenvalue weighted by Gasteiger charge is 2.36. The lowest BCUT2D eigenvalue weighted by Gasteiger charge is -2.13. The summed E-state index contributed by atoms with van der Waals surface area (Å²) in [6, 6.07) is 5.47. The number of unbranched alkanes of at least 4 members (excludes halogenated alkanes) is 1. The molecule has 5 nitrogen and oxygen atoms in total. The number of carbonyl (C=O) groups excluding carboxylic acids is 1. The van der Waals surface area contributed by atoms with Gasteiger partial charge in [-0.2, -0.15) is 9.65 Å². The first-order chi connectivity index (χ1) is 9.84. The Bertz CT molecular complexity index is 509. The average molecular weight is 355 g/mol. The van der Waals surface area contributed by atoms with Crippen LogP contribution in [0.25, 0.3) is 0 Å². The van der Waals surface area contributed by atoms with Crippen LogP contribution in [0.2, 0.25) is 5.02 Å². The van der Waals surface area contributed by atoms with Gasteiger partial charge in [0.2, 0.25) is 11.2 Å². The van der Waals surface area contributed by atoms with Gasteiger partial charge < -0.3 is 9.26 Å². The summed E-state index contributed by atoms with van der Waals surface area (Å²) < 4.78 is 22.4. The number of hydrogen-bond acceptors (Lipinski definition) is 4. The third-order valence-corrected chi connectivity index (χ3v) is 4.43. The van der Waals surface area contributed by atoms with Crippen molar-refractivity contribution >= 4 is 24.4 Å². The maximum absolute atomic E-state index is 12.2. The van der Waals surface area contributed by atoms with Crippen molar-refractivity contribution in [2.24, 2.45) is 0 Å². The predicted octanol–water partition coefficient (Wildman–Crippen LogP) is 3.43. The standard InChI is InChI=1S/C13H19Cl2NO4P/c1-3-4-9-19-13(17)10(2)16-21(15,18)20-12-7-5-11(14)6-8-12/h5-8,10,15H,3-4,9H2,1-2H3,(H,16,18)/q+1/t10-,21?/m0/s1. The van der Waals surface area contributed by atoms with E-state index in [9.17, 15) is 9.36 Å². The summed E-state index contributed by atoms with van der Waals surface area (Å²) in [6.07, 6.45) is 1.71. The van der Waals surface area contributed by atoms with Crippen LogP contribution in [0.15, 0.2) is 24.3 Å². The molecule has 0 spiro atoms. The van der Waals surface area contributed by atoms with Gasteiger partial charge in [0.1, 0.15) is 11.8 Å². The number of ether oxygens (including phenoxy) is 1. The van der Waals surface area contributed by atoms with Gasteiger partial charge in [0.25, 0.3) is 0 Å². The minimum atomic E-state index is -3.59. The highest BCUT2D eigenvalue weighted by Crippen LogP contribution is 2.41. The third-order valence-electron chi connectivity index (χ3n) is 2.49. The molecule has 0 aliphatic heterocycles. The Balaban J connectivity index is 2.52. The summed E-state index contributed by atoms with van der Waals surface area (Å²) in [5.74, 6) is -0.190. The molecule has 0 bridgehead atoms. The van der Waals surface area contributed by atoms with E-state index in [2.05, 4.69) is 5.09 Å². The second kappa shape index (κ2) is 8.64. The van der Waals surface area contributed by atoms with E-state index >= 15 is 0 Å². The van der Waals surface area contributed by atoms with Crippen LogP contribution in [0.4, 0.5) is 0 Å². The zero-order valence-electron chi connectivity index (χ0n) is 11.9. The van der Waals surface area contributed by atoms with Crippen molar-refractivity contribution in [3.05, 3.63) is 29.3 Å². The zero-order chi connectivity index (χ0) is 15.9. The first kappa shape index (κ1) is 18.3. The maximum Gasteiger partial charge on any atom is 0.596 e. The van der Waals surface area contributed by atoms with E-state index in [0.29, 0.717) is 17.4 Å². The van der Waals surface area contributed by atoms with E-state index in [1.165, 1.54) is 6.92 Å². The Morgan fingerprint density at radius 3 is 2.62 bits per heavy atom. The van der Waals surface area contributed by atoms with Crippen molar-refractivity contribution in [2.45, 2.75) is 32.7 Å². The van der Waals surface area contributed by atoms with Crippen LogP contribution in [0, 0.1) is 11.2 Å². The van der Waals surface area contributed by atoms with Gasteiger partial charge in [-0.1, -0.05) is 24.9 Å². The Labute approximate surface area is 134 Å².